The van der Waals surface area contributed by atoms with Gasteiger partial charge in [-0.2, -0.15) is 0 Å². The van der Waals surface area contributed by atoms with E-state index in [4.69, 9.17) is 0 Å². The first-order chi connectivity index (χ1) is 7.33. The molecule has 16 heavy (non-hydrogen) atoms. The Morgan fingerprint density at radius 3 is 1.19 bits per heavy atom. The van der Waals surface area contributed by atoms with Crippen LogP contribution in [0.3, 0.4) is 0 Å². The SMILES string of the molecule is CCS(=O)(=O)c1nnc(S(=O)(=O)CC)nn1. The van der Waals surface area contributed by atoms with Crippen LogP contribution in [0.2, 0.25) is 0 Å². The van der Waals surface area contributed by atoms with Crippen LogP contribution in [0.25, 0.3) is 0 Å². The minimum absolute atomic E-state index is 0.198. The Morgan fingerprint density at radius 2 is 1.00 bits per heavy atom. The van der Waals surface area contributed by atoms with Crippen molar-refractivity contribution in [2.24, 2.45) is 0 Å². The summed E-state index contributed by atoms with van der Waals surface area (Å²) in [7, 11) is -7.22. The summed E-state index contributed by atoms with van der Waals surface area (Å²) < 4.78 is 45.1. The molecule has 0 saturated heterocycles. The molecule has 0 fully saturated rings. The van der Waals surface area contributed by atoms with Gasteiger partial charge in [-0.15, -0.1) is 20.4 Å². The van der Waals surface area contributed by atoms with Gasteiger partial charge in [0, 0.05) is 0 Å². The van der Waals surface area contributed by atoms with E-state index >= 15 is 0 Å². The summed E-state index contributed by atoms with van der Waals surface area (Å²) in [5, 5.41) is 11.8. The van der Waals surface area contributed by atoms with Crippen LogP contribution < -0.4 is 0 Å². The van der Waals surface area contributed by atoms with Gasteiger partial charge in [0.15, 0.2) is 0 Å². The van der Waals surface area contributed by atoms with Crippen LogP contribution in [0.15, 0.2) is 10.3 Å². The van der Waals surface area contributed by atoms with E-state index in [0.717, 1.165) is 0 Å². The molecule has 0 radical (unpaired) electrons. The van der Waals surface area contributed by atoms with E-state index in [2.05, 4.69) is 20.4 Å². The lowest BCUT2D eigenvalue weighted by Gasteiger charge is -1.99. The van der Waals surface area contributed by atoms with Crippen LogP contribution in [-0.2, 0) is 19.7 Å². The fourth-order valence-electron chi connectivity index (χ4n) is 0.718. The number of hydrogen-bond donors (Lipinski definition) is 0. The van der Waals surface area contributed by atoms with Crippen LogP contribution in [0, 0.1) is 0 Å². The van der Waals surface area contributed by atoms with Crippen molar-refractivity contribution < 1.29 is 16.8 Å². The first kappa shape index (κ1) is 12.9. The summed E-state index contributed by atoms with van der Waals surface area (Å²) in [5.74, 6) is -0.396. The van der Waals surface area contributed by atoms with Gasteiger partial charge in [0.2, 0.25) is 19.7 Å². The van der Waals surface area contributed by atoms with Crippen LogP contribution in [-0.4, -0.2) is 48.7 Å². The molecule has 10 heteroatoms. The van der Waals surface area contributed by atoms with Crippen LogP contribution in [0.5, 0.6) is 0 Å². The molecule has 0 saturated carbocycles. The molecule has 0 amide bonds. The molecule has 90 valence electrons. The first-order valence-electron chi connectivity index (χ1n) is 4.36. The Bertz CT molecular complexity index is 510. The van der Waals surface area contributed by atoms with Gasteiger partial charge < -0.3 is 0 Å². The highest BCUT2D eigenvalue weighted by atomic mass is 32.2. The maximum absolute atomic E-state index is 11.3. The molecular weight excluding hydrogens is 256 g/mol. The van der Waals surface area contributed by atoms with Gasteiger partial charge in [0.05, 0.1) is 11.5 Å². The van der Waals surface area contributed by atoms with E-state index in [0.29, 0.717) is 0 Å². The topological polar surface area (TPSA) is 120 Å². The van der Waals surface area contributed by atoms with Gasteiger partial charge in [-0.25, -0.2) is 16.8 Å². The summed E-state index contributed by atoms with van der Waals surface area (Å²) >= 11 is 0. The number of sulfone groups is 2. The monoisotopic (exact) mass is 266 g/mol. The summed E-state index contributed by atoms with van der Waals surface area (Å²) in [4.78, 5) is 0. The molecule has 0 aliphatic carbocycles. The normalized spacial score (nSPS) is 12.6. The predicted octanol–water partition coefficient (Wildman–Crippen LogP) is -1.15. The van der Waals surface area contributed by atoms with Crippen LogP contribution in [0.1, 0.15) is 13.8 Å². The highest BCUT2D eigenvalue weighted by Gasteiger charge is 2.21. The molecule has 1 aromatic heterocycles. The first-order valence-corrected chi connectivity index (χ1v) is 7.67. The zero-order valence-corrected chi connectivity index (χ0v) is 10.3. The Morgan fingerprint density at radius 1 is 0.750 bits per heavy atom. The highest BCUT2D eigenvalue weighted by molar-refractivity contribution is 7.91. The molecule has 0 bridgehead atoms. The number of hydrogen-bond acceptors (Lipinski definition) is 8. The second-order valence-electron chi connectivity index (χ2n) is 2.77. The van der Waals surface area contributed by atoms with Crippen molar-refractivity contribution in [2.45, 2.75) is 24.2 Å². The lowest BCUT2D eigenvalue weighted by Crippen LogP contribution is -2.16. The smallest absolute Gasteiger partial charge is 0.220 e. The zero-order valence-electron chi connectivity index (χ0n) is 8.65. The Balaban J connectivity index is 3.21. The lowest BCUT2D eigenvalue weighted by molar-refractivity contribution is 0.548. The molecule has 1 aromatic rings. The van der Waals surface area contributed by atoms with Gasteiger partial charge in [-0.05, 0) is 0 Å². The molecule has 0 unspecified atom stereocenters. The maximum atomic E-state index is 11.3. The third kappa shape index (κ3) is 2.50. The van der Waals surface area contributed by atoms with Crippen molar-refractivity contribution in [3.05, 3.63) is 0 Å². The van der Waals surface area contributed by atoms with E-state index in [1.54, 1.807) is 0 Å². The van der Waals surface area contributed by atoms with E-state index < -0.39 is 30.0 Å². The average Bonchev–Trinajstić information content (AvgIpc) is 2.29. The third-order valence-electron chi connectivity index (χ3n) is 1.76. The fourth-order valence-corrected chi connectivity index (χ4v) is 1.90. The number of rotatable bonds is 4. The summed E-state index contributed by atoms with van der Waals surface area (Å²) in [5.41, 5.74) is 0. The van der Waals surface area contributed by atoms with Gasteiger partial charge in [0.1, 0.15) is 0 Å². The molecule has 0 atom stereocenters. The Labute approximate surface area is 93.0 Å². The van der Waals surface area contributed by atoms with Crippen molar-refractivity contribution in [1.29, 1.82) is 0 Å². The summed E-state index contributed by atoms with van der Waals surface area (Å²) in [6.45, 7) is 2.82. The number of nitrogens with zero attached hydrogens (tertiary/aromatic N) is 4. The molecule has 0 aromatic carbocycles. The van der Waals surface area contributed by atoms with Crippen molar-refractivity contribution in [2.75, 3.05) is 11.5 Å². The van der Waals surface area contributed by atoms with Gasteiger partial charge in [-0.1, -0.05) is 13.8 Å². The summed E-state index contributed by atoms with van der Waals surface area (Å²) in [6, 6.07) is 0. The van der Waals surface area contributed by atoms with Gasteiger partial charge >= 0.3 is 0 Å². The molecule has 0 N–H and O–H groups in total. The molecular formula is C6H10N4O4S2. The molecule has 1 heterocycles. The van der Waals surface area contributed by atoms with Crippen LogP contribution >= 0.6 is 0 Å². The zero-order chi connectivity index (χ0) is 12.4. The van der Waals surface area contributed by atoms with E-state index in [1.165, 1.54) is 13.8 Å². The quantitative estimate of drug-likeness (QED) is 0.670. The molecule has 0 aliphatic heterocycles. The molecule has 0 aliphatic rings. The predicted molar refractivity (Wildman–Crippen MR) is 53.1 cm³/mol. The second-order valence-corrected chi connectivity index (χ2v) is 7.12. The number of aromatic nitrogens is 4. The van der Waals surface area contributed by atoms with Gasteiger partial charge in [0.25, 0.3) is 10.3 Å². The van der Waals surface area contributed by atoms with Crippen molar-refractivity contribution in [3.8, 4) is 0 Å². The van der Waals surface area contributed by atoms with E-state index in [9.17, 15) is 16.8 Å². The minimum Gasteiger partial charge on any atom is -0.220 e. The highest BCUT2D eigenvalue weighted by Crippen LogP contribution is 2.04. The third-order valence-corrected chi connectivity index (χ3v) is 4.72. The van der Waals surface area contributed by atoms with E-state index in [1.807, 2.05) is 0 Å². The second kappa shape index (κ2) is 4.37. The minimum atomic E-state index is -3.61. The average molecular weight is 266 g/mol. The maximum Gasteiger partial charge on any atom is 0.287 e. The standard InChI is InChI=1S/C6H10N4O4S2/c1-3-15(11,12)5-7-9-6(10-8-5)16(13,14)4-2/h3-4H2,1-2H3. The van der Waals surface area contributed by atoms with Crippen LogP contribution in [0.4, 0.5) is 0 Å². The Kier molecular flexibility index (Phi) is 3.53. The van der Waals surface area contributed by atoms with E-state index in [-0.39, 0.29) is 11.5 Å². The largest absolute Gasteiger partial charge is 0.287 e. The lowest BCUT2D eigenvalue weighted by atomic mass is 11.0. The van der Waals surface area contributed by atoms with Gasteiger partial charge in [-0.3, -0.25) is 0 Å². The molecule has 1 rings (SSSR count). The molecule has 0 spiro atoms. The van der Waals surface area contributed by atoms with Crippen molar-refractivity contribution in [1.82, 2.24) is 20.4 Å². The summed E-state index contributed by atoms with van der Waals surface area (Å²) in [6.07, 6.45) is 0. The Hall–Kier alpha value is -1.16. The van der Waals surface area contributed by atoms with Crippen molar-refractivity contribution in [3.63, 3.8) is 0 Å². The van der Waals surface area contributed by atoms with Crippen molar-refractivity contribution >= 4 is 19.7 Å². The molecule has 8 nitrogen and oxygen atoms in total. The fraction of sp³-hybridized carbons (Fsp3) is 0.667.